The first-order valence-corrected chi connectivity index (χ1v) is 9.21. The van der Waals surface area contributed by atoms with Crippen LogP contribution < -0.4 is 10.2 Å². The van der Waals surface area contributed by atoms with Crippen molar-refractivity contribution in [3.63, 3.8) is 0 Å². The molecule has 29 heavy (non-hydrogen) atoms. The molecule has 7 nitrogen and oxygen atoms in total. The predicted octanol–water partition coefficient (Wildman–Crippen LogP) is 2.86. The number of nitrogens with one attached hydrogen (secondary N) is 1. The number of phenolic OH excluding ortho intramolecular Hbond substituents is 1. The van der Waals surface area contributed by atoms with Crippen LogP contribution in [0.1, 0.15) is 17.5 Å². The van der Waals surface area contributed by atoms with E-state index in [1.54, 1.807) is 17.8 Å². The number of fused-ring (bicyclic) bond motifs is 1. The Morgan fingerprint density at radius 2 is 2.03 bits per heavy atom. The Bertz CT molecular complexity index is 1050. The average molecular weight is 406 g/mol. The van der Waals surface area contributed by atoms with E-state index < -0.39 is 17.5 Å². The lowest BCUT2D eigenvalue weighted by Crippen LogP contribution is -2.34. The first kappa shape index (κ1) is 19.4. The summed E-state index contributed by atoms with van der Waals surface area (Å²) in [6.07, 6.45) is -1.88. The zero-order valence-corrected chi connectivity index (χ0v) is 16.2. The van der Waals surface area contributed by atoms with Crippen LogP contribution in [0.5, 0.6) is 5.75 Å². The molecule has 1 atom stereocenters. The molecule has 1 aliphatic rings. The van der Waals surface area contributed by atoms with E-state index in [4.69, 9.17) is 0 Å². The Labute approximate surface area is 165 Å². The number of aromatic nitrogens is 4. The summed E-state index contributed by atoms with van der Waals surface area (Å²) in [6.45, 7) is 3.32. The minimum atomic E-state index is -4.54. The number of imidazole rings is 1. The quantitative estimate of drug-likeness (QED) is 0.697. The number of nitrogens with zero attached hydrogens (tertiary/aromatic N) is 5. The van der Waals surface area contributed by atoms with E-state index >= 15 is 0 Å². The van der Waals surface area contributed by atoms with Gasteiger partial charge in [0.25, 0.3) is 0 Å². The maximum Gasteiger partial charge on any atom is 0.416 e. The molecule has 1 aliphatic heterocycles. The highest BCUT2D eigenvalue weighted by Gasteiger charge is 2.32. The second-order valence-corrected chi connectivity index (χ2v) is 7.31. The first-order valence-electron chi connectivity index (χ1n) is 9.21. The van der Waals surface area contributed by atoms with Gasteiger partial charge in [0.05, 0.1) is 17.3 Å². The van der Waals surface area contributed by atoms with Crippen molar-refractivity contribution in [3.8, 4) is 17.1 Å². The SMILES string of the molecule is Cc1cc(C(F)(F)F)cc(O)c1-c1nc2nc(N(C)[C@@H]3CCNC3)cnc2n1C. The summed E-state index contributed by atoms with van der Waals surface area (Å²) < 4.78 is 40.7. The summed E-state index contributed by atoms with van der Waals surface area (Å²) in [5, 5.41) is 13.6. The molecule has 3 heterocycles. The van der Waals surface area contributed by atoms with Gasteiger partial charge in [0.15, 0.2) is 11.3 Å². The van der Waals surface area contributed by atoms with Crippen molar-refractivity contribution in [2.45, 2.75) is 25.6 Å². The number of anilines is 1. The van der Waals surface area contributed by atoms with E-state index in [-0.39, 0.29) is 11.1 Å². The lowest BCUT2D eigenvalue weighted by atomic mass is 10.0. The molecular weight excluding hydrogens is 385 g/mol. The standard InChI is InChI=1S/C19H21F3N6O/c1-10-6-11(19(20,21)22)7-13(29)15(10)17-26-16-18(28(17)3)24-9-14(25-16)27(2)12-4-5-23-8-12/h6-7,9,12,23,29H,4-5,8H2,1-3H3/t12-/m1/s1. The van der Waals surface area contributed by atoms with E-state index in [0.717, 1.165) is 31.6 Å². The molecule has 0 unspecified atom stereocenters. The van der Waals surface area contributed by atoms with Crippen molar-refractivity contribution in [1.82, 2.24) is 24.8 Å². The van der Waals surface area contributed by atoms with Crippen molar-refractivity contribution in [2.24, 2.45) is 7.05 Å². The minimum absolute atomic E-state index is 0.232. The number of halogens is 3. The average Bonchev–Trinajstić information content (AvgIpc) is 3.29. The number of hydrogen-bond donors (Lipinski definition) is 2. The second kappa shape index (κ2) is 6.87. The number of alkyl halides is 3. The van der Waals surface area contributed by atoms with E-state index in [2.05, 4.69) is 20.3 Å². The van der Waals surface area contributed by atoms with Gasteiger partial charge in [0, 0.05) is 26.7 Å². The highest BCUT2D eigenvalue weighted by atomic mass is 19.4. The number of aryl methyl sites for hydroxylation is 2. The van der Waals surface area contributed by atoms with Crippen LogP contribution >= 0.6 is 0 Å². The molecule has 0 aliphatic carbocycles. The molecule has 0 bridgehead atoms. The van der Waals surface area contributed by atoms with Crippen LogP contribution in [-0.4, -0.2) is 50.8 Å². The van der Waals surface area contributed by atoms with Gasteiger partial charge in [-0.2, -0.15) is 13.2 Å². The molecule has 1 fully saturated rings. The van der Waals surface area contributed by atoms with Gasteiger partial charge in [-0.25, -0.2) is 15.0 Å². The number of phenols is 1. The Morgan fingerprint density at radius 3 is 2.66 bits per heavy atom. The molecule has 0 saturated carbocycles. The normalized spacial score (nSPS) is 17.2. The van der Waals surface area contributed by atoms with Crippen molar-refractivity contribution >= 4 is 17.1 Å². The third-order valence-electron chi connectivity index (χ3n) is 5.38. The fourth-order valence-corrected chi connectivity index (χ4v) is 3.72. The van der Waals surface area contributed by atoms with E-state index in [9.17, 15) is 18.3 Å². The van der Waals surface area contributed by atoms with E-state index in [1.165, 1.54) is 6.92 Å². The van der Waals surface area contributed by atoms with Crippen molar-refractivity contribution in [1.29, 1.82) is 0 Å². The molecule has 154 valence electrons. The molecule has 10 heteroatoms. The molecule has 3 aromatic rings. The molecule has 2 aromatic heterocycles. The third-order valence-corrected chi connectivity index (χ3v) is 5.38. The summed E-state index contributed by atoms with van der Waals surface area (Å²) in [6, 6.07) is 2.03. The summed E-state index contributed by atoms with van der Waals surface area (Å²) in [7, 11) is 3.64. The zero-order chi connectivity index (χ0) is 20.9. The van der Waals surface area contributed by atoms with E-state index in [0.29, 0.717) is 29.0 Å². The summed E-state index contributed by atoms with van der Waals surface area (Å²) in [5.74, 6) is 0.500. The molecule has 0 spiro atoms. The van der Waals surface area contributed by atoms with Crippen LogP contribution in [-0.2, 0) is 13.2 Å². The van der Waals surface area contributed by atoms with Crippen LogP contribution in [0.2, 0.25) is 0 Å². The van der Waals surface area contributed by atoms with Crippen LogP contribution in [0.3, 0.4) is 0 Å². The maximum atomic E-state index is 13.0. The Hall–Kier alpha value is -2.88. The van der Waals surface area contributed by atoms with Gasteiger partial charge in [-0.05, 0) is 37.6 Å². The van der Waals surface area contributed by atoms with E-state index in [1.807, 2.05) is 11.9 Å². The first-order chi connectivity index (χ1) is 13.7. The minimum Gasteiger partial charge on any atom is -0.507 e. The lowest BCUT2D eigenvalue weighted by molar-refractivity contribution is -0.137. The number of rotatable bonds is 3. The number of likely N-dealkylation sites (N-methyl/N-ethyl adjacent to an activating group) is 1. The highest BCUT2D eigenvalue weighted by molar-refractivity contribution is 5.79. The van der Waals surface area contributed by atoms with Gasteiger partial charge in [0.1, 0.15) is 17.4 Å². The number of aromatic hydroxyl groups is 1. The lowest BCUT2D eigenvalue weighted by Gasteiger charge is -2.24. The summed E-state index contributed by atoms with van der Waals surface area (Å²) in [5.41, 5.74) is 0.456. The maximum absolute atomic E-state index is 13.0. The van der Waals surface area contributed by atoms with Crippen molar-refractivity contribution < 1.29 is 18.3 Å². The van der Waals surface area contributed by atoms with Crippen LogP contribution in [0, 0.1) is 6.92 Å². The Kier molecular flexibility index (Phi) is 4.60. The van der Waals surface area contributed by atoms with Crippen molar-refractivity contribution in [3.05, 3.63) is 29.5 Å². The Morgan fingerprint density at radius 1 is 1.28 bits per heavy atom. The largest absolute Gasteiger partial charge is 0.507 e. The summed E-state index contributed by atoms with van der Waals surface area (Å²) in [4.78, 5) is 15.5. The number of hydrogen-bond acceptors (Lipinski definition) is 6. The van der Waals surface area contributed by atoms with Gasteiger partial charge < -0.3 is 19.9 Å². The van der Waals surface area contributed by atoms with Gasteiger partial charge in [-0.3, -0.25) is 0 Å². The smallest absolute Gasteiger partial charge is 0.416 e. The van der Waals surface area contributed by atoms with Gasteiger partial charge in [-0.15, -0.1) is 0 Å². The topological polar surface area (TPSA) is 79.1 Å². The van der Waals surface area contributed by atoms with Crippen molar-refractivity contribution in [2.75, 3.05) is 25.0 Å². The fourth-order valence-electron chi connectivity index (χ4n) is 3.72. The monoisotopic (exact) mass is 406 g/mol. The van der Waals surface area contributed by atoms with Gasteiger partial charge >= 0.3 is 6.18 Å². The molecule has 0 radical (unpaired) electrons. The third kappa shape index (κ3) is 3.37. The zero-order valence-electron chi connectivity index (χ0n) is 16.2. The fraction of sp³-hybridized carbons (Fsp3) is 0.421. The molecule has 1 aromatic carbocycles. The molecule has 2 N–H and O–H groups in total. The second-order valence-electron chi connectivity index (χ2n) is 7.31. The van der Waals surface area contributed by atoms with Gasteiger partial charge in [-0.1, -0.05) is 0 Å². The van der Waals surface area contributed by atoms with Crippen LogP contribution in [0.15, 0.2) is 18.3 Å². The van der Waals surface area contributed by atoms with Gasteiger partial charge in [0.2, 0.25) is 0 Å². The number of benzene rings is 1. The highest BCUT2D eigenvalue weighted by Crippen LogP contribution is 2.39. The molecule has 0 amide bonds. The van der Waals surface area contributed by atoms with Crippen LogP contribution in [0.4, 0.5) is 19.0 Å². The Balaban J connectivity index is 1.78. The predicted molar refractivity (Wildman–Crippen MR) is 103 cm³/mol. The molecular formula is C19H21F3N6O. The molecule has 1 saturated heterocycles. The molecule has 4 rings (SSSR count). The summed E-state index contributed by atoms with van der Waals surface area (Å²) >= 11 is 0. The van der Waals surface area contributed by atoms with Crippen LogP contribution in [0.25, 0.3) is 22.7 Å².